The third-order valence-corrected chi connectivity index (χ3v) is 3.25. The molecule has 0 aliphatic heterocycles. The zero-order valence-electron chi connectivity index (χ0n) is 9.66. The molecule has 90 valence electrons. The van der Waals surface area contributed by atoms with Gasteiger partial charge >= 0.3 is 0 Å². The molecule has 0 radical (unpaired) electrons. The Hall–Kier alpha value is -1.36. The predicted octanol–water partition coefficient (Wildman–Crippen LogP) is 2.86. The summed E-state index contributed by atoms with van der Waals surface area (Å²) < 4.78 is 6.45. The van der Waals surface area contributed by atoms with Gasteiger partial charge < -0.3 is 9.72 Å². The van der Waals surface area contributed by atoms with Crippen LogP contribution in [0.15, 0.2) is 27.7 Å². The lowest BCUT2D eigenvalue weighted by molar-refractivity contribution is 0.211. The smallest absolute Gasteiger partial charge is 0.261 e. The van der Waals surface area contributed by atoms with Crippen molar-refractivity contribution in [3.63, 3.8) is 0 Å². The fourth-order valence-electron chi connectivity index (χ4n) is 1.50. The molecule has 0 fully saturated rings. The van der Waals surface area contributed by atoms with E-state index in [4.69, 9.17) is 4.74 Å². The molecule has 0 spiro atoms. The minimum atomic E-state index is -0.186. The number of rotatable bonds is 3. The minimum Gasteiger partial charge on any atom is -0.474 e. The Bertz CT molecular complexity index is 595. The van der Waals surface area contributed by atoms with Gasteiger partial charge in [0.15, 0.2) is 0 Å². The average molecular weight is 297 g/mol. The highest BCUT2D eigenvalue weighted by molar-refractivity contribution is 9.10. The van der Waals surface area contributed by atoms with Crippen LogP contribution in [0.4, 0.5) is 0 Å². The number of H-pyrrole nitrogens is 1. The van der Waals surface area contributed by atoms with Gasteiger partial charge in [-0.05, 0) is 35.3 Å². The van der Waals surface area contributed by atoms with Crippen molar-refractivity contribution < 1.29 is 4.74 Å². The highest BCUT2D eigenvalue weighted by Gasteiger charge is 2.12. The molecule has 2 aromatic heterocycles. The summed E-state index contributed by atoms with van der Waals surface area (Å²) in [6.45, 7) is 3.97. The van der Waals surface area contributed by atoms with Crippen LogP contribution < -0.4 is 10.3 Å². The van der Waals surface area contributed by atoms with Crippen molar-refractivity contribution in [3.05, 3.63) is 33.3 Å². The van der Waals surface area contributed by atoms with Crippen molar-refractivity contribution >= 4 is 26.7 Å². The number of hydrogen-bond donors (Lipinski definition) is 1. The molecule has 4 nitrogen and oxygen atoms in total. The van der Waals surface area contributed by atoms with E-state index >= 15 is 0 Å². The second-order valence-electron chi connectivity index (χ2n) is 3.84. The molecule has 0 aliphatic carbocycles. The first-order chi connectivity index (χ1) is 8.13. The number of hydrogen-bond acceptors (Lipinski definition) is 3. The maximum Gasteiger partial charge on any atom is 0.261 e. The van der Waals surface area contributed by atoms with Crippen LogP contribution in [0.2, 0.25) is 0 Å². The minimum absolute atomic E-state index is 0.0338. The molecule has 0 aliphatic rings. The van der Waals surface area contributed by atoms with E-state index in [-0.39, 0.29) is 11.7 Å². The highest BCUT2D eigenvalue weighted by atomic mass is 79.9. The van der Waals surface area contributed by atoms with Gasteiger partial charge in [-0.25, -0.2) is 4.98 Å². The monoisotopic (exact) mass is 296 g/mol. The standard InChI is InChI=1S/C12H13BrN2O2/c1-3-7(2)17-12-10-8(9(13)6-15-12)4-5-14-11(10)16/h4-7H,3H2,1-2H3,(H,14,16). The van der Waals surface area contributed by atoms with Crippen LogP contribution in [0, 0.1) is 0 Å². The zero-order chi connectivity index (χ0) is 12.4. The predicted molar refractivity (Wildman–Crippen MR) is 70.4 cm³/mol. The molecular weight excluding hydrogens is 284 g/mol. The topological polar surface area (TPSA) is 55.0 Å². The van der Waals surface area contributed by atoms with E-state index in [0.29, 0.717) is 11.3 Å². The summed E-state index contributed by atoms with van der Waals surface area (Å²) in [6.07, 6.45) is 4.16. The van der Waals surface area contributed by atoms with E-state index in [2.05, 4.69) is 25.9 Å². The molecule has 2 rings (SSSR count). The van der Waals surface area contributed by atoms with Gasteiger partial charge in [-0.2, -0.15) is 0 Å². The largest absolute Gasteiger partial charge is 0.474 e. The third kappa shape index (κ3) is 2.34. The number of aromatic nitrogens is 2. The SMILES string of the molecule is CCC(C)Oc1ncc(Br)c2cc[nH]c(=O)c12. The maximum atomic E-state index is 11.8. The van der Waals surface area contributed by atoms with E-state index in [1.807, 2.05) is 19.9 Å². The second kappa shape index (κ2) is 4.87. The fourth-order valence-corrected chi connectivity index (χ4v) is 1.94. The van der Waals surface area contributed by atoms with Crippen LogP contribution in [0.5, 0.6) is 5.88 Å². The Kier molecular flexibility index (Phi) is 3.47. The molecule has 0 amide bonds. The molecule has 0 bridgehead atoms. The molecule has 2 aromatic rings. The van der Waals surface area contributed by atoms with Crippen molar-refractivity contribution in [1.82, 2.24) is 9.97 Å². The first kappa shape index (κ1) is 12.1. The molecular formula is C12H13BrN2O2. The number of halogens is 1. The quantitative estimate of drug-likeness (QED) is 0.947. The van der Waals surface area contributed by atoms with Crippen LogP contribution >= 0.6 is 15.9 Å². The first-order valence-corrected chi connectivity index (χ1v) is 6.25. The van der Waals surface area contributed by atoms with Gasteiger partial charge in [0.05, 0.1) is 6.10 Å². The lowest BCUT2D eigenvalue weighted by atomic mass is 10.2. The average Bonchev–Trinajstić information content (AvgIpc) is 2.33. The van der Waals surface area contributed by atoms with Crippen LogP contribution in [0.3, 0.4) is 0 Å². The van der Waals surface area contributed by atoms with E-state index in [0.717, 1.165) is 16.3 Å². The number of ether oxygens (including phenoxy) is 1. The van der Waals surface area contributed by atoms with Gasteiger partial charge in [-0.15, -0.1) is 0 Å². The van der Waals surface area contributed by atoms with Gasteiger partial charge in [-0.3, -0.25) is 4.79 Å². The van der Waals surface area contributed by atoms with Crippen molar-refractivity contribution in [3.8, 4) is 5.88 Å². The number of pyridine rings is 2. The Morgan fingerprint density at radius 1 is 1.59 bits per heavy atom. The Balaban J connectivity index is 2.64. The van der Waals surface area contributed by atoms with E-state index in [9.17, 15) is 4.79 Å². The second-order valence-corrected chi connectivity index (χ2v) is 4.70. The molecule has 0 saturated heterocycles. The summed E-state index contributed by atoms with van der Waals surface area (Å²) in [5.41, 5.74) is -0.186. The highest BCUT2D eigenvalue weighted by Crippen LogP contribution is 2.27. The van der Waals surface area contributed by atoms with Crippen LogP contribution in [0.1, 0.15) is 20.3 Å². The first-order valence-electron chi connectivity index (χ1n) is 5.46. The van der Waals surface area contributed by atoms with Crippen LogP contribution in [0.25, 0.3) is 10.8 Å². The third-order valence-electron chi connectivity index (χ3n) is 2.61. The summed E-state index contributed by atoms with van der Waals surface area (Å²) in [5, 5.41) is 1.30. The molecule has 17 heavy (non-hydrogen) atoms. The van der Waals surface area contributed by atoms with E-state index in [1.165, 1.54) is 0 Å². The molecule has 1 N–H and O–H groups in total. The molecule has 2 heterocycles. The van der Waals surface area contributed by atoms with Gasteiger partial charge in [-0.1, -0.05) is 6.92 Å². The van der Waals surface area contributed by atoms with Gasteiger partial charge in [0.25, 0.3) is 5.56 Å². The molecule has 5 heteroatoms. The van der Waals surface area contributed by atoms with Crippen molar-refractivity contribution in [2.45, 2.75) is 26.4 Å². The normalized spacial score (nSPS) is 12.6. The van der Waals surface area contributed by atoms with Crippen LogP contribution in [-0.2, 0) is 0 Å². The van der Waals surface area contributed by atoms with E-state index in [1.54, 1.807) is 12.4 Å². The van der Waals surface area contributed by atoms with Gasteiger partial charge in [0.2, 0.25) is 5.88 Å². The Morgan fingerprint density at radius 2 is 2.35 bits per heavy atom. The number of aromatic amines is 1. The fraction of sp³-hybridized carbons (Fsp3) is 0.333. The summed E-state index contributed by atoms with van der Waals surface area (Å²) in [4.78, 5) is 18.6. The van der Waals surface area contributed by atoms with Crippen LogP contribution in [-0.4, -0.2) is 16.1 Å². The van der Waals surface area contributed by atoms with Gasteiger partial charge in [0, 0.05) is 22.3 Å². The van der Waals surface area contributed by atoms with Crippen molar-refractivity contribution in [2.75, 3.05) is 0 Å². The number of fused-ring (bicyclic) bond motifs is 1. The Labute approximate surface area is 107 Å². The molecule has 1 unspecified atom stereocenters. The number of nitrogens with one attached hydrogen (secondary N) is 1. The summed E-state index contributed by atoms with van der Waals surface area (Å²) in [5.74, 6) is 0.388. The maximum absolute atomic E-state index is 11.8. The lowest BCUT2D eigenvalue weighted by Crippen LogP contribution is -2.14. The lowest BCUT2D eigenvalue weighted by Gasteiger charge is -2.13. The van der Waals surface area contributed by atoms with E-state index < -0.39 is 0 Å². The molecule has 0 saturated carbocycles. The van der Waals surface area contributed by atoms with Gasteiger partial charge in [0.1, 0.15) is 5.39 Å². The number of nitrogens with zero attached hydrogens (tertiary/aromatic N) is 1. The summed E-state index contributed by atoms with van der Waals surface area (Å²) >= 11 is 3.38. The Morgan fingerprint density at radius 3 is 3.06 bits per heavy atom. The molecule has 0 aromatic carbocycles. The van der Waals surface area contributed by atoms with Crippen molar-refractivity contribution in [2.24, 2.45) is 0 Å². The summed E-state index contributed by atoms with van der Waals surface area (Å²) in [7, 11) is 0. The zero-order valence-corrected chi connectivity index (χ0v) is 11.2. The summed E-state index contributed by atoms with van der Waals surface area (Å²) in [6, 6.07) is 1.83. The van der Waals surface area contributed by atoms with Crippen molar-refractivity contribution in [1.29, 1.82) is 0 Å². The molecule has 1 atom stereocenters.